The number of likely N-dealkylation sites (tertiary alicyclic amines) is 1. The van der Waals surface area contributed by atoms with Crippen molar-refractivity contribution < 1.29 is 14.4 Å². The van der Waals surface area contributed by atoms with Crippen molar-refractivity contribution in [1.29, 1.82) is 0 Å². The van der Waals surface area contributed by atoms with Gasteiger partial charge in [0.1, 0.15) is 0 Å². The van der Waals surface area contributed by atoms with Crippen molar-refractivity contribution in [3.63, 3.8) is 0 Å². The number of aryl methyl sites for hydroxylation is 1. The molecule has 2 fully saturated rings. The van der Waals surface area contributed by atoms with Gasteiger partial charge >= 0.3 is 0 Å². The number of likely N-dealkylation sites (N-methyl/N-ethyl adjacent to an activating group) is 1. The Bertz CT molecular complexity index is 1280. The molecule has 10 nitrogen and oxygen atoms in total. The first-order chi connectivity index (χ1) is 19.0. The number of piperidine rings is 1. The number of piperazine rings is 1. The molecule has 3 heterocycles. The molecule has 0 bridgehead atoms. The number of nitrogens with two attached hydrogens (primary N) is 1. The molecule has 0 atom stereocenters. The number of carbonyl (C=O) groups excluding carboxylic acids is 3. The van der Waals surface area contributed by atoms with Crippen LogP contribution in [-0.4, -0.2) is 101 Å². The number of hydrogen-bond acceptors (Lipinski definition) is 7. The van der Waals surface area contributed by atoms with Crippen LogP contribution in [0.1, 0.15) is 71.6 Å². The Kier molecular flexibility index (Phi) is 8.01. The van der Waals surface area contributed by atoms with E-state index in [4.69, 9.17) is 10.8 Å². The zero-order valence-corrected chi connectivity index (χ0v) is 24.3. The lowest BCUT2D eigenvalue weighted by molar-refractivity contribution is -0.132. The van der Waals surface area contributed by atoms with Crippen molar-refractivity contribution in [1.82, 2.24) is 24.5 Å². The van der Waals surface area contributed by atoms with Gasteiger partial charge in [-0.3, -0.25) is 14.4 Å². The third-order valence-electron chi connectivity index (χ3n) is 8.68. The first-order valence-corrected chi connectivity index (χ1v) is 14.5. The predicted molar refractivity (Wildman–Crippen MR) is 155 cm³/mol. The van der Waals surface area contributed by atoms with E-state index in [2.05, 4.69) is 36.0 Å². The smallest absolute Gasteiger partial charge is 0.250 e. The van der Waals surface area contributed by atoms with Gasteiger partial charge < -0.3 is 25.8 Å². The van der Waals surface area contributed by atoms with Crippen molar-refractivity contribution in [2.24, 2.45) is 11.1 Å². The molecule has 216 valence electrons. The Morgan fingerprint density at radius 2 is 1.77 bits per heavy atom. The molecule has 2 saturated heterocycles. The Morgan fingerprint density at radius 3 is 2.45 bits per heavy atom. The van der Waals surface area contributed by atoms with Gasteiger partial charge in [0.2, 0.25) is 5.91 Å². The van der Waals surface area contributed by atoms with E-state index in [0.717, 1.165) is 74.6 Å². The van der Waals surface area contributed by atoms with Crippen molar-refractivity contribution >= 4 is 23.3 Å². The van der Waals surface area contributed by atoms with Crippen molar-refractivity contribution in [3.8, 4) is 5.69 Å². The quantitative estimate of drug-likeness (QED) is 0.545. The van der Waals surface area contributed by atoms with Gasteiger partial charge in [-0.25, -0.2) is 4.68 Å². The Balaban J connectivity index is 1.26. The highest BCUT2D eigenvalue weighted by Crippen LogP contribution is 2.37. The van der Waals surface area contributed by atoms with Gasteiger partial charge in [-0.05, 0) is 56.8 Å². The molecule has 2 aliphatic heterocycles. The van der Waals surface area contributed by atoms with E-state index in [9.17, 15) is 14.4 Å². The largest absolute Gasteiger partial charge is 0.381 e. The Labute approximate surface area is 236 Å². The highest BCUT2D eigenvalue weighted by Gasteiger charge is 2.36. The highest BCUT2D eigenvalue weighted by molar-refractivity contribution is 6.00. The SMILES string of the molecule is Cc1nn(-c2ccc(C(N)=O)c(NC3CCN(C(=O)CCN4CCN(C)CC4)CC3)c2)c2c1C(=O)CC(C)(C)C2. The van der Waals surface area contributed by atoms with E-state index in [1.54, 1.807) is 6.07 Å². The number of fused-ring (bicyclic) bond motifs is 1. The zero-order valence-electron chi connectivity index (χ0n) is 24.3. The molecule has 0 spiro atoms. The fraction of sp³-hybridized carbons (Fsp3) is 0.600. The molecule has 3 N–H and O–H groups in total. The second-order valence-corrected chi connectivity index (χ2v) is 12.5. The summed E-state index contributed by atoms with van der Waals surface area (Å²) in [6.45, 7) is 12.4. The minimum atomic E-state index is -0.499. The van der Waals surface area contributed by atoms with E-state index in [1.165, 1.54) is 0 Å². The number of hydrogen-bond donors (Lipinski definition) is 2. The van der Waals surface area contributed by atoms with Gasteiger partial charge in [0.15, 0.2) is 5.78 Å². The van der Waals surface area contributed by atoms with Crippen LogP contribution < -0.4 is 11.1 Å². The molecule has 3 aliphatic rings. The maximum Gasteiger partial charge on any atom is 0.250 e. The monoisotopic (exact) mass is 549 g/mol. The fourth-order valence-electron chi connectivity index (χ4n) is 6.33. The summed E-state index contributed by atoms with van der Waals surface area (Å²) >= 11 is 0. The fourth-order valence-corrected chi connectivity index (χ4v) is 6.33. The average Bonchev–Trinajstić information content (AvgIpc) is 3.23. The summed E-state index contributed by atoms with van der Waals surface area (Å²) in [6, 6.07) is 5.60. The number of nitrogens with zero attached hydrogens (tertiary/aromatic N) is 5. The van der Waals surface area contributed by atoms with Crippen LogP contribution in [0.5, 0.6) is 0 Å². The number of rotatable bonds is 7. The summed E-state index contributed by atoms with van der Waals surface area (Å²) in [5.41, 5.74) is 9.83. The molecular formula is C30H43N7O3. The summed E-state index contributed by atoms with van der Waals surface area (Å²) in [6.07, 6.45) is 3.40. The van der Waals surface area contributed by atoms with E-state index >= 15 is 0 Å². The minimum Gasteiger partial charge on any atom is -0.381 e. The third kappa shape index (κ3) is 6.07. The molecule has 0 saturated carbocycles. The van der Waals surface area contributed by atoms with Gasteiger partial charge in [0.25, 0.3) is 5.91 Å². The highest BCUT2D eigenvalue weighted by atomic mass is 16.2. The van der Waals surface area contributed by atoms with Crippen LogP contribution >= 0.6 is 0 Å². The molecule has 0 radical (unpaired) electrons. The number of amides is 2. The van der Waals surface area contributed by atoms with Gasteiger partial charge in [-0.1, -0.05) is 13.8 Å². The van der Waals surface area contributed by atoms with Crippen LogP contribution in [0.15, 0.2) is 18.2 Å². The molecular weight excluding hydrogens is 506 g/mol. The van der Waals surface area contributed by atoms with Crippen molar-refractivity contribution in [2.75, 3.05) is 58.2 Å². The molecule has 0 unspecified atom stereocenters. The van der Waals surface area contributed by atoms with Crippen LogP contribution in [-0.2, 0) is 11.2 Å². The molecule has 2 aromatic rings. The standard InChI is InChI=1S/C30H43N7O3/c1-20-28-25(18-30(2,3)19-26(28)38)37(33-20)22-5-6-23(29(31)40)24(17-22)32-21-7-11-36(12-8-21)27(39)9-10-35-15-13-34(4)14-16-35/h5-6,17,21,32H,7-16,18-19H2,1-4H3,(H2,31,40). The third-order valence-corrected chi connectivity index (χ3v) is 8.68. The van der Waals surface area contributed by atoms with Crippen LogP contribution in [0.3, 0.4) is 0 Å². The Morgan fingerprint density at radius 1 is 1.07 bits per heavy atom. The first kappa shape index (κ1) is 28.3. The number of aromatic nitrogens is 2. The topological polar surface area (TPSA) is 117 Å². The maximum atomic E-state index is 12.9. The summed E-state index contributed by atoms with van der Waals surface area (Å²) in [7, 11) is 2.14. The number of primary amides is 1. The number of Topliss-reactive ketones (excluding diaryl/α,β-unsaturated/α-hetero) is 1. The maximum absolute atomic E-state index is 12.9. The molecule has 1 aliphatic carbocycles. The summed E-state index contributed by atoms with van der Waals surface area (Å²) in [5.74, 6) is -0.152. The second-order valence-electron chi connectivity index (χ2n) is 12.5. The number of carbonyl (C=O) groups is 3. The van der Waals surface area contributed by atoms with E-state index in [1.807, 2.05) is 28.6 Å². The Hall–Kier alpha value is -3.24. The lowest BCUT2D eigenvalue weighted by atomic mass is 9.75. The molecule has 1 aromatic heterocycles. The first-order valence-electron chi connectivity index (χ1n) is 14.5. The zero-order chi connectivity index (χ0) is 28.6. The van der Waals surface area contributed by atoms with Gasteiger partial charge in [0, 0.05) is 70.4 Å². The van der Waals surface area contributed by atoms with Crippen LogP contribution in [0.4, 0.5) is 5.69 Å². The average molecular weight is 550 g/mol. The van der Waals surface area contributed by atoms with Crippen molar-refractivity contribution in [2.45, 2.75) is 58.9 Å². The van der Waals surface area contributed by atoms with E-state index in [-0.39, 0.29) is 23.1 Å². The number of nitrogens with one attached hydrogen (secondary N) is 1. The van der Waals surface area contributed by atoms with Crippen molar-refractivity contribution in [3.05, 3.63) is 40.7 Å². The number of benzene rings is 1. The van der Waals surface area contributed by atoms with E-state index < -0.39 is 5.91 Å². The second kappa shape index (κ2) is 11.3. The minimum absolute atomic E-state index is 0.115. The van der Waals surface area contributed by atoms with Crippen LogP contribution in [0.25, 0.3) is 5.69 Å². The van der Waals surface area contributed by atoms with Gasteiger partial charge in [-0.15, -0.1) is 0 Å². The molecule has 10 heteroatoms. The van der Waals surface area contributed by atoms with Crippen LogP contribution in [0, 0.1) is 12.3 Å². The number of anilines is 1. The summed E-state index contributed by atoms with van der Waals surface area (Å²) in [5, 5.41) is 8.27. The molecule has 2 amide bonds. The predicted octanol–water partition coefficient (Wildman–Crippen LogP) is 2.48. The lowest BCUT2D eigenvalue weighted by Crippen LogP contribution is -2.47. The van der Waals surface area contributed by atoms with Gasteiger partial charge in [-0.2, -0.15) is 5.10 Å². The summed E-state index contributed by atoms with van der Waals surface area (Å²) in [4.78, 5) is 44.7. The lowest BCUT2D eigenvalue weighted by Gasteiger charge is -2.35. The molecule has 1 aromatic carbocycles. The summed E-state index contributed by atoms with van der Waals surface area (Å²) < 4.78 is 1.85. The number of ketones is 1. The van der Waals surface area contributed by atoms with Gasteiger partial charge in [0.05, 0.1) is 28.2 Å². The molecule has 5 rings (SSSR count). The van der Waals surface area contributed by atoms with E-state index in [0.29, 0.717) is 37.2 Å². The van der Waals surface area contributed by atoms with Crippen LogP contribution in [0.2, 0.25) is 0 Å². The normalized spacial score (nSPS) is 20.4. The molecule has 40 heavy (non-hydrogen) atoms.